The van der Waals surface area contributed by atoms with Gasteiger partial charge < -0.3 is 0 Å². The van der Waals surface area contributed by atoms with Crippen molar-refractivity contribution in [2.24, 2.45) is 0 Å². The van der Waals surface area contributed by atoms with Crippen LogP contribution in [-0.2, 0) is 4.79 Å². The van der Waals surface area contributed by atoms with Gasteiger partial charge in [0.15, 0.2) is 5.78 Å². The SMILES string of the molecule is CC(=O)C(=O)c1cccc(-c2cccs2)c1. The second-order valence-corrected chi connectivity index (χ2v) is 4.39. The molecule has 16 heavy (non-hydrogen) atoms. The Kier molecular flexibility index (Phi) is 2.97. The summed E-state index contributed by atoms with van der Waals surface area (Å²) in [5, 5.41) is 1.98. The highest BCUT2D eigenvalue weighted by Crippen LogP contribution is 2.25. The smallest absolute Gasteiger partial charge is 0.228 e. The Balaban J connectivity index is 2.41. The van der Waals surface area contributed by atoms with E-state index in [1.807, 2.05) is 23.6 Å². The molecular formula is C13H10O2S. The van der Waals surface area contributed by atoms with E-state index in [9.17, 15) is 9.59 Å². The molecule has 0 N–H and O–H groups in total. The van der Waals surface area contributed by atoms with Gasteiger partial charge in [0, 0.05) is 17.4 Å². The van der Waals surface area contributed by atoms with Crippen LogP contribution >= 0.6 is 11.3 Å². The molecule has 0 amide bonds. The fourth-order valence-electron chi connectivity index (χ4n) is 1.46. The molecule has 1 heterocycles. The number of hydrogen-bond donors (Lipinski definition) is 0. The van der Waals surface area contributed by atoms with E-state index in [1.54, 1.807) is 29.5 Å². The van der Waals surface area contributed by atoms with E-state index in [0.29, 0.717) is 5.56 Å². The first-order chi connectivity index (χ1) is 7.68. The molecule has 1 aromatic heterocycles. The van der Waals surface area contributed by atoms with Crippen LogP contribution < -0.4 is 0 Å². The third-order valence-electron chi connectivity index (χ3n) is 2.25. The maximum absolute atomic E-state index is 11.5. The molecule has 0 saturated carbocycles. The van der Waals surface area contributed by atoms with Gasteiger partial charge in [-0.1, -0.05) is 24.3 Å². The van der Waals surface area contributed by atoms with E-state index in [-0.39, 0.29) is 0 Å². The topological polar surface area (TPSA) is 34.1 Å². The van der Waals surface area contributed by atoms with Crippen molar-refractivity contribution in [2.45, 2.75) is 6.92 Å². The minimum atomic E-state index is -0.432. The highest BCUT2D eigenvalue weighted by molar-refractivity contribution is 7.13. The summed E-state index contributed by atoms with van der Waals surface area (Å²) in [6.07, 6.45) is 0. The van der Waals surface area contributed by atoms with Gasteiger partial charge in [0.1, 0.15) is 0 Å². The molecule has 2 aromatic rings. The summed E-state index contributed by atoms with van der Waals surface area (Å²) in [5.74, 6) is -0.860. The largest absolute Gasteiger partial charge is 0.291 e. The van der Waals surface area contributed by atoms with Crippen LogP contribution in [0.3, 0.4) is 0 Å². The van der Waals surface area contributed by atoms with Crippen molar-refractivity contribution in [2.75, 3.05) is 0 Å². The van der Waals surface area contributed by atoms with Crippen LogP contribution in [0.5, 0.6) is 0 Å². The first kappa shape index (κ1) is 10.8. The minimum Gasteiger partial charge on any atom is -0.291 e. The zero-order chi connectivity index (χ0) is 11.5. The average molecular weight is 230 g/mol. The molecule has 2 nitrogen and oxygen atoms in total. The predicted octanol–water partition coefficient (Wildman–Crippen LogP) is 3.19. The van der Waals surface area contributed by atoms with Gasteiger partial charge in [-0.05, 0) is 23.1 Å². The zero-order valence-electron chi connectivity index (χ0n) is 8.77. The van der Waals surface area contributed by atoms with Crippen LogP contribution in [0.15, 0.2) is 41.8 Å². The van der Waals surface area contributed by atoms with Gasteiger partial charge >= 0.3 is 0 Å². The van der Waals surface area contributed by atoms with E-state index < -0.39 is 11.6 Å². The van der Waals surface area contributed by atoms with E-state index in [4.69, 9.17) is 0 Å². The van der Waals surface area contributed by atoms with Crippen molar-refractivity contribution < 1.29 is 9.59 Å². The van der Waals surface area contributed by atoms with Gasteiger partial charge in [-0.15, -0.1) is 11.3 Å². The van der Waals surface area contributed by atoms with Crippen molar-refractivity contribution in [3.63, 3.8) is 0 Å². The third-order valence-corrected chi connectivity index (χ3v) is 3.17. The second-order valence-electron chi connectivity index (χ2n) is 3.44. The standard InChI is InChI=1S/C13H10O2S/c1-9(14)13(15)11-5-2-4-10(8-11)12-6-3-7-16-12/h2-8H,1H3. The Morgan fingerprint density at radius 3 is 2.56 bits per heavy atom. The second kappa shape index (κ2) is 4.41. The van der Waals surface area contributed by atoms with E-state index in [2.05, 4.69) is 0 Å². The Bertz CT molecular complexity index is 527. The quantitative estimate of drug-likeness (QED) is 0.599. The van der Waals surface area contributed by atoms with Crippen LogP contribution in [0, 0.1) is 0 Å². The highest BCUT2D eigenvalue weighted by Gasteiger charge is 2.11. The van der Waals surface area contributed by atoms with Crippen LogP contribution in [0.4, 0.5) is 0 Å². The van der Waals surface area contributed by atoms with Crippen molar-refractivity contribution in [3.05, 3.63) is 47.3 Å². The summed E-state index contributed by atoms with van der Waals surface area (Å²) in [7, 11) is 0. The van der Waals surface area contributed by atoms with Gasteiger partial charge in [0.2, 0.25) is 5.78 Å². The molecular weight excluding hydrogens is 220 g/mol. The molecule has 80 valence electrons. The van der Waals surface area contributed by atoms with Gasteiger partial charge in [-0.3, -0.25) is 9.59 Å². The zero-order valence-corrected chi connectivity index (χ0v) is 9.58. The Morgan fingerprint density at radius 1 is 1.12 bits per heavy atom. The summed E-state index contributed by atoms with van der Waals surface area (Å²) in [6.45, 7) is 1.29. The molecule has 0 aliphatic rings. The van der Waals surface area contributed by atoms with Crippen LogP contribution in [0.1, 0.15) is 17.3 Å². The molecule has 0 radical (unpaired) electrons. The monoisotopic (exact) mass is 230 g/mol. The Morgan fingerprint density at radius 2 is 1.94 bits per heavy atom. The van der Waals surface area contributed by atoms with Crippen molar-refractivity contribution in [1.29, 1.82) is 0 Å². The average Bonchev–Trinajstić information content (AvgIpc) is 2.81. The fraction of sp³-hybridized carbons (Fsp3) is 0.0769. The van der Waals surface area contributed by atoms with Gasteiger partial charge in [0.25, 0.3) is 0 Å². The normalized spacial score (nSPS) is 10.1. The molecule has 3 heteroatoms. The van der Waals surface area contributed by atoms with Crippen molar-refractivity contribution in [1.82, 2.24) is 0 Å². The molecule has 0 bridgehead atoms. The molecule has 0 fully saturated rings. The van der Waals surface area contributed by atoms with E-state index in [0.717, 1.165) is 10.4 Å². The molecule has 1 aromatic carbocycles. The molecule has 0 spiro atoms. The summed E-state index contributed by atoms with van der Waals surface area (Å²) in [6, 6.07) is 11.1. The van der Waals surface area contributed by atoms with Crippen molar-refractivity contribution in [3.8, 4) is 10.4 Å². The lowest BCUT2D eigenvalue weighted by atomic mass is 10.0. The number of carbonyl (C=O) groups excluding carboxylic acids is 2. The summed E-state index contributed by atoms with van der Waals surface area (Å²) < 4.78 is 0. The number of thiophene rings is 1. The lowest BCUT2D eigenvalue weighted by Crippen LogP contribution is -2.09. The molecule has 0 atom stereocenters. The summed E-state index contributed by atoms with van der Waals surface area (Å²) in [5.41, 5.74) is 1.43. The van der Waals surface area contributed by atoms with E-state index in [1.165, 1.54) is 6.92 Å². The van der Waals surface area contributed by atoms with Crippen LogP contribution in [-0.4, -0.2) is 11.6 Å². The number of benzene rings is 1. The number of hydrogen-bond acceptors (Lipinski definition) is 3. The van der Waals surface area contributed by atoms with Crippen LogP contribution in [0.2, 0.25) is 0 Å². The molecule has 2 rings (SSSR count). The summed E-state index contributed by atoms with van der Waals surface area (Å²) in [4.78, 5) is 23.6. The third kappa shape index (κ3) is 2.09. The van der Waals surface area contributed by atoms with Crippen LogP contribution in [0.25, 0.3) is 10.4 Å². The highest BCUT2D eigenvalue weighted by atomic mass is 32.1. The maximum atomic E-state index is 11.5. The molecule has 0 saturated heterocycles. The fourth-order valence-corrected chi connectivity index (χ4v) is 2.18. The van der Waals surface area contributed by atoms with Crippen molar-refractivity contribution >= 4 is 22.9 Å². The maximum Gasteiger partial charge on any atom is 0.228 e. The first-order valence-corrected chi connectivity index (χ1v) is 5.75. The Labute approximate surface area is 97.5 Å². The van der Waals surface area contributed by atoms with E-state index >= 15 is 0 Å². The minimum absolute atomic E-state index is 0.427. The number of rotatable bonds is 3. The van der Waals surface area contributed by atoms with Gasteiger partial charge in [-0.2, -0.15) is 0 Å². The van der Waals surface area contributed by atoms with Gasteiger partial charge in [-0.25, -0.2) is 0 Å². The lowest BCUT2D eigenvalue weighted by Gasteiger charge is -2.00. The number of carbonyl (C=O) groups is 2. The number of ketones is 2. The predicted molar refractivity (Wildman–Crippen MR) is 64.8 cm³/mol. The number of Topliss-reactive ketones (excluding diaryl/α,β-unsaturated/α-hetero) is 2. The Hall–Kier alpha value is -1.74. The molecule has 0 aliphatic carbocycles. The van der Waals surface area contributed by atoms with Gasteiger partial charge in [0.05, 0.1) is 0 Å². The molecule has 0 unspecified atom stereocenters. The summed E-state index contributed by atoms with van der Waals surface area (Å²) >= 11 is 1.61. The first-order valence-electron chi connectivity index (χ1n) is 4.87. The lowest BCUT2D eigenvalue weighted by molar-refractivity contribution is -0.113. The molecule has 0 aliphatic heterocycles.